The average molecular weight is 354 g/mol. The second kappa shape index (κ2) is 8.21. The summed E-state index contributed by atoms with van der Waals surface area (Å²) in [6, 6.07) is 15.7. The number of hydrogen-bond donors (Lipinski definition) is 2. The van der Waals surface area contributed by atoms with E-state index in [9.17, 15) is 0 Å². The molecule has 0 saturated carbocycles. The molecule has 2 aromatic carbocycles. The number of ether oxygens (including phenoxy) is 1. The lowest BCUT2D eigenvalue weighted by Crippen LogP contribution is -2.32. The van der Waals surface area contributed by atoms with E-state index < -0.39 is 0 Å². The maximum absolute atomic E-state index is 5.55. The third kappa shape index (κ3) is 3.93. The number of rotatable bonds is 6. The molecule has 0 bridgehead atoms. The number of nitrogens with one attached hydrogen (secondary N) is 2. The van der Waals surface area contributed by atoms with Gasteiger partial charge in [0.25, 0.3) is 0 Å². The highest BCUT2D eigenvalue weighted by Crippen LogP contribution is 2.32. The second-order valence-electron chi connectivity index (χ2n) is 7.46. The van der Waals surface area contributed by atoms with Crippen LogP contribution in [0.25, 0.3) is 0 Å². The predicted molar refractivity (Wildman–Crippen MR) is 107 cm³/mol. The van der Waals surface area contributed by atoms with Crippen LogP contribution in [0.1, 0.15) is 41.3 Å². The molecular formula is C22H31N3O. The van der Waals surface area contributed by atoms with Crippen LogP contribution in [0, 0.1) is 19.8 Å². The van der Waals surface area contributed by atoms with Crippen molar-refractivity contribution in [3.05, 3.63) is 64.7 Å². The van der Waals surface area contributed by atoms with Gasteiger partial charge in [-0.05, 0) is 50.6 Å². The van der Waals surface area contributed by atoms with Gasteiger partial charge in [-0.15, -0.1) is 0 Å². The SMILES string of the molecule is COc1ccccc1C(C)N(C)CC1CNNC1c1ccc(C)c(C)c1. The van der Waals surface area contributed by atoms with E-state index in [1.54, 1.807) is 7.11 Å². The molecule has 0 spiro atoms. The van der Waals surface area contributed by atoms with Gasteiger partial charge in [0.2, 0.25) is 0 Å². The maximum Gasteiger partial charge on any atom is 0.123 e. The van der Waals surface area contributed by atoms with E-state index in [1.807, 2.05) is 12.1 Å². The summed E-state index contributed by atoms with van der Waals surface area (Å²) in [5, 5.41) is 0. The molecule has 1 fully saturated rings. The molecule has 4 heteroatoms. The van der Waals surface area contributed by atoms with Crippen molar-refractivity contribution in [3.63, 3.8) is 0 Å². The third-order valence-corrected chi connectivity index (χ3v) is 5.76. The zero-order chi connectivity index (χ0) is 18.7. The summed E-state index contributed by atoms with van der Waals surface area (Å²) in [4.78, 5) is 2.42. The molecule has 1 saturated heterocycles. The molecule has 2 N–H and O–H groups in total. The maximum atomic E-state index is 5.55. The van der Waals surface area contributed by atoms with Gasteiger partial charge >= 0.3 is 0 Å². The third-order valence-electron chi connectivity index (χ3n) is 5.76. The lowest BCUT2D eigenvalue weighted by molar-refractivity contribution is 0.212. The van der Waals surface area contributed by atoms with E-state index in [-0.39, 0.29) is 0 Å². The van der Waals surface area contributed by atoms with Crippen molar-refractivity contribution >= 4 is 0 Å². The van der Waals surface area contributed by atoms with Gasteiger partial charge in [-0.1, -0.05) is 36.4 Å². The van der Waals surface area contributed by atoms with E-state index in [1.165, 1.54) is 22.3 Å². The Morgan fingerprint density at radius 2 is 1.92 bits per heavy atom. The van der Waals surface area contributed by atoms with Crippen LogP contribution in [0.4, 0.5) is 0 Å². The number of benzene rings is 2. The van der Waals surface area contributed by atoms with Crippen molar-refractivity contribution in [1.82, 2.24) is 15.8 Å². The number of para-hydroxylation sites is 1. The van der Waals surface area contributed by atoms with Crippen LogP contribution in [0.5, 0.6) is 5.75 Å². The first-order valence-corrected chi connectivity index (χ1v) is 9.40. The fraction of sp³-hybridized carbons (Fsp3) is 0.455. The molecule has 0 amide bonds. The summed E-state index contributed by atoms with van der Waals surface area (Å²) in [5.74, 6) is 1.47. The minimum atomic E-state index is 0.298. The molecule has 140 valence electrons. The van der Waals surface area contributed by atoms with Gasteiger partial charge in [0, 0.05) is 30.6 Å². The Morgan fingerprint density at radius 1 is 1.15 bits per heavy atom. The Hall–Kier alpha value is -1.88. The van der Waals surface area contributed by atoms with Crippen LogP contribution in [0.15, 0.2) is 42.5 Å². The molecule has 4 nitrogen and oxygen atoms in total. The Morgan fingerprint density at radius 3 is 2.65 bits per heavy atom. The standard InChI is InChI=1S/C22H31N3O/c1-15-10-11-18(12-16(15)2)22-19(13-23-24-22)14-25(4)17(3)20-8-6-7-9-21(20)26-5/h6-12,17,19,22-24H,13-14H2,1-5H3. The first kappa shape index (κ1) is 18.9. The highest BCUT2D eigenvalue weighted by atomic mass is 16.5. The van der Waals surface area contributed by atoms with Crippen LogP contribution < -0.4 is 15.6 Å². The van der Waals surface area contributed by atoms with E-state index >= 15 is 0 Å². The number of hydrogen-bond acceptors (Lipinski definition) is 4. The van der Waals surface area contributed by atoms with Crippen molar-refractivity contribution < 1.29 is 4.74 Å². The molecule has 1 aliphatic rings. The fourth-order valence-corrected chi connectivity index (χ4v) is 3.80. The summed E-state index contributed by atoms with van der Waals surface area (Å²) in [5.41, 5.74) is 12.1. The van der Waals surface area contributed by atoms with Crippen LogP contribution in [0.3, 0.4) is 0 Å². The van der Waals surface area contributed by atoms with Crippen LogP contribution in [-0.2, 0) is 0 Å². The van der Waals surface area contributed by atoms with E-state index in [2.05, 4.69) is 73.9 Å². The largest absolute Gasteiger partial charge is 0.496 e. The Bertz CT molecular complexity index is 746. The monoisotopic (exact) mass is 353 g/mol. The molecule has 3 unspecified atom stereocenters. The molecule has 0 aromatic heterocycles. The molecular weight excluding hydrogens is 322 g/mol. The number of methoxy groups -OCH3 is 1. The van der Waals surface area contributed by atoms with Gasteiger partial charge < -0.3 is 4.74 Å². The zero-order valence-corrected chi connectivity index (χ0v) is 16.5. The van der Waals surface area contributed by atoms with Crippen molar-refractivity contribution in [2.24, 2.45) is 5.92 Å². The highest BCUT2D eigenvalue weighted by molar-refractivity contribution is 5.36. The number of aryl methyl sites for hydroxylation is 2. The van der Waals surface area contributed by atoms with E-state index in [0.717, 1.165) is 18.8 Å². The lowest BCUT2D eigenvalue weighted by Gasteiger charge is -2.30. The summed E-state index contributed by atoms with van der Waals surface area (Å²) in [7, 11) is 3.94. The minimum Gasteiger partial charge on any atom is -0.496 e. The predicted octanol–water partition coefficient (Wildman–Crippen LogP) is 3.77. The van der Waals surface area contributed by atoms with Gasteiger partial charge in [-0.3, -0.25) is 10.3 Å². The summed E-state index contributed by atoms with van der Waals surface area (Å²) >= 11 is 0. The van der Waals surface area contributed by atoms with E-state index in [0.29, 0.717) is 18.0 Å². The van der Waals surface area contributed by atoms with Crippen LogP contribution >= 0.6 is 0 Å². The van der Waals surface area contributed by atoms with Gasteiger partial charge in [-0.2, -0.15) is 0 Å². The molecule has 1 aliphatic heterocycles. The van der Waals surface area contributed by atoms with Gasteiger partial charge in [0.15, 0.2) is 0 Å². The van der Waals surface area contributed by atoms with E-state index in [4.69, 9.17) is 4.74 Å². The Kier molecular flexibility index (Phi) is 5.97. The fourth-order valence-electron chi connectivity index (χ4n) is 3.80. The van der Waals surface area contributed by atoms with Crippen LogP contribution in [0.2, 0.25) is 0 Å². The quantitative estimate of drug-likeness (QED) is 0.829. The number of nitrogens with zero attached hydrogens (tertiary/aromatic N) is 1. The minimum absolute atomic E-state index is 0.298. The topological polar surface area (TPSA) is 36.5 Å². The first-order chi connectivity index (χ1) is 12.5. The smallest absolute Gasteiger partial charge is 0.123 e. The molecule has 3 rings (SSSR count). The summed E-state index contributed by atoms with van der Waals surface area (Å²) < 4.78 is 5.55. The van der Waals surface area contributed by atoms with Crippen molar-refractivity contribution in [2.75, 3.05) is 27.2 Å². The Labute approximate surface area is 157 Å². The molecule has 0 aliphatic carbocycles. The van der Waals surface area contributed by atoms with Crippen molar-refractivity contribution in [1.29, 1.82) is 0 Å². The molecule has 2 aromatic rings. The average Bonchev–Trinajstić information content (AvgIpc) is 3.11. The molecule has 1 heterocycles. The molecule has 26 heavy (non-hydrogen) atoms. The van der Waals surface area contributed by atoms with Gasteiger partial charge in [0.1, 0.15) is 5.75 Å². The second-order valence-corrected chi connectivity index (χ2v) is 7.46. The summed E-state index contributed by atoms with van der Waals surface area (Å²) in [6.45, 7) is 8.59. The summed E-state index contributed by atoms with van der Waals surface area (Å²) in [6.07, 6.45) is 0. The van der Waals surface area contributed by atoms with Gasteiger partial charge in [-0.25, -0.2) is 5.43 Å². The lowest BCUT2D eigenvalue weighted by atomic mass is 9.92. The molecule has 0 radical (unpaired) electrons. The zero-order valence-electron chi connectivity index (χ0n) is 16.5. The van der Waals surface area contributed by atoms with Crippen molar-refractivity contribution in [3.8, 4) is 5.75 Å². The van der Waals surface area contributed by atoms with Crippen molar-refractivity contribution in [2.45, 2.75) is 32.9 Å². The van der Waals surface area contributed by atoms with Crippen LogP contribution in [-0.4, -0.2) is 32.1 Å². The first-order valence-electron chi connectivity index (χ1n) is 9.40. The highest BCUT2D eigenvalue weighted by Gasteiger charge is 2.30. The Balaban J connectivity index is 1.73. The van der Waals surface area contributed by atoms with Gasteiger partial charge in [0.05, 0.1) is 13.2 Å². The molecule has 3 atom stereocenters. The normalized spacial score (nSPS) is 21.2. The number of hydrazine groups is 1.